The minimum Gasteiger partial charge on any atom is -0.366 e. The van der Waals surface area contributed by atoms with Crippen LogP contribution in [0.2, 0.25) is 0 Å². The fourth-order valence-electron chi connectivity index (χ4n) is 1.09. The van der Waals surface area contributed by atoms with Crippen molar-refractivity contribution >= 4 is 17.3 Å². The molecule has 5 heteroatoms. The molecule has 1 rings (SSSR count). The molecular formula is C8H14N4S. The summed E-state index contributed by atoms with van der Waals surface area (Å²) in [7, 11) is 3.71. The molecule has 1 heterocycles. The van der Waals surface area contributed by atoms with Crippen LogP contribution in [0.25, 0.3) is 0 Å². The number of hydrogen-bond donors (Lipinski definition) is 2. The van der Waals surface area contributed by atoms with Crippen molar-refractivity contribution in [3.8, 4) is 0 Å². The van der Waals surface area contributed by atoms with Crippen LogP contribution >= 0.6 is 12.2 Å². The minimum absolute atomic E-state index is 0.656. The third-order valence-electron chi connectivity index (χ3n) is 1.78. The van der Waals surface area contributed by atoms with Gasteiger partial charge in [-0.15, -0.1) is 0 Å². The third-order valence-corrected chi connectivity index (χ3v) is 2.13. The summed E-state index contributed by atoms with van der Waals surface area (Å²) in [5, 5.41) is 10.8. The Bertz CT molecular complexity index is 305. The number of thiocarbonyl (C=S) groups is 1. The highest BCUT2D eigenvalue weighted by molar-refractivity contribution is 7.80. The lowest BCUT2D eigenvalue weighted by atomic mass is 10.3. The van der Waals surface area contributed by atoms with E-state index in [-0.39, 0.29) is 0 Å². The maximum absolute atomic E-state index is 4.96. The number of aromatic nitrogens is 2. The molecule has 2 N–H and O–H groups in total. The molecule has 0 radical (unpaired) electrons. The molecule has 0 atom stereocenters. The van der Waals surface area contributed by atoms with Gasteiger partial charge >= 0.3 is 0 Å². The van der Waals surface area contributed by atoms with Crippen molar-refractivity contribution in [1.82, 2.24) is 20.4 Å². The van der Waals surface area contributed by atoms with E-state index in [0.717, 1.165) is 12.2 Å². The molecule has 0 saturated heterocycles. The second-order valence-electron chi connectivity index (χ2n) is 2.85. The summed E-state index contributed by atoms with van der Waals surface area (Å²) in [5.41, 5.74) is 2.20. The van der Waals surface area contributed by atoms with Crippen LogP contribution in [0.15, 0.2) is 6.20 Å². The molecule has 0 aliphatic rings. The first-order chi connectivity index (χ1) is 6.13. The van der Waals surface area contributed by atoms with Crippen molar-refractivity contribution in [3.63, 3.8) is 0 Å². The first-order valence-electron chi connectivity index (χ1n) is 4.08. The molecule has 0 fully saturated rings. The van der Waals surface area contributed by atoms with Gasteiger partial charge < -0.3 is 10.6 Å². The van der Waals surface area contributed by atoms with Crippen LogP contribution in [-0.4, -0.2) is 21.9 Å². The van der Waals surface area contributed by atoms with E-state index in [2.05, 4.69) is 15.7 Å². The van der Waals surface area contributed by atoms with Crippen molar-refractivity contribution in [2.75, 3.05) is 7.05 Å². The number of hydrogen-bond acceptors (Lipinski definition) is 2. The van der Waals surface area contributed by atoms with E-state index < -0.39 is 0 Å². The summed E-state index contributed by atoms with van der Waals surface area (Å²) in [4.78, 5) is 0. The number of nitrogens with one attached hydrogen (secondary N) is 2. The molecule has 0 aliphatic heterocycles. The average molecular weight is 198 g/mol. The lowest BCUT2D eigenvalue weighted by molar-refractivity contribution is 0.756. The van der Waals surface area contributed by atoms with Crippen LogP contribution in [0.1, 0.15) is 11.3 Å². The highest BCUT2D eigenvalue weighted by Gasteiger charge is 2.02. The van der Waals surface area contributed by atoms with Crippen LogP contribution in [0.4, 0.5) is 0 Å². The summed E-state index contributed by atoms with van der Waals surface area (Å²) in [6, 6.07) is 0. The van der Waals surface area contributed by atoms with Crippen molar-refractivity contribution in [2.24, 2.45) is 7.05 Å². The first kappa shape index (κ1) is 9.98. The van der Waals surface area contributed by atoms with Gasteiger partial charge in [0.25, 0.3) is 0 Å². The molecular weight excluding hydrogens is 184 g/mol. The molecule has 72 valence electrons. The highest BCUT2D eigenvalue weighted by atomic mass is 32.1. The smallest absolute Gasteiger partial charge is 0.166 e. The second kappa shape index (κ2) is 4.23. The van der Waals surface area contributed by atoms with E-state index in [1.807, 2.05) is 20.2 Å². The van der Waals surface area contributed by atoms with Gasteiger partial charge in [0.15, 0.2) is 5.11 Å². The molecule has 0 bridgehead atoms. The number of nitrogens with zero attached hydrogens (tertiary/aromatic N) is 2. The van der Waals surface area contributed by atoms with E-state index in [0.29, 0.717) is 5.11 Å². The van der Waals surface area contributed by atoms with E-state index in [9.17, 15) is 0 Å². The van der Waals surface area contributed by atoms with Crippen LogP contribution in [-0.2, 0) is 13.6 Å². The minimum atomic E-state index is 0.656. The third kappa shape index (κ3) is 2.69. The van der Waals surface area contributed by atoms with E-state index in [1.165, 1.54) is 5.56 Å². The van der Waals surface area contributed by atoms with Crippen molar-refractivity contribution in [2.45, 2.75) is 13.5 Å². The summed E-state index contributed by atoms with van der Waals surface area (Å²) >= 11 is 4.96. The molecule has 0 saturated carbocycles. The maximum Gasteiger partial charge on any atom is 0.166 e. The maximum atomic E-state index is 4.96. The normalized spacial score (nSPS) is 9.77. The summed E-state index contributed by atoms with van der Waals surface area (Å²) in [5.74, 6) is 0. The second-order valence-corrected chi connectivity index (χ2v) is 3.25. The number of rotatable bonds is 2. The monoisotopic (exact) mass is 198 g/mol. The van der Waals surface area contributed by atoms with Gasteiger partial charge in [0, 0.05) is 32.4 Å². The van der Waals surface area contributed by atoms with Crippen molar-refractivity contribution in [1.29, 1.82) is 0 Å². The van der Waals surface area contributed by atoms with E-state index >= 15 is 0 Å². The number of aryl methyl sites for hydroxylation is 2. The fourth-order valence-corrected chi connectivity index (χ4v) is 1.16. The predicted octanol–water partition coefficient (Wildman–Crippen LogP) is 0.322. The zero-order valence-electron chi connectivity index (χ0n) is 8.09. The zero-order chi connectivity index (χ0) is 9.84. The van der Waals surface area contributed by atoms with Crippen molar-refractivity contribution in [3.05, 3.63) is 17.5 Å². The molecule has 1 aromatic heterocycles. The van der Waals surface area contributed by atoms with Gasteiger partial charge in [-0.2, -0.15) is 5.10 Å². The first-order valence-corrected chi connectivity index (χ1v) is 4.49. The van der Waals surface area contributed by atoms with Crippen LogP contribution in [0.5, 0.6) is 0 Å². The van der Waals surface area contributed by atoms with Gasteiger partial charge in [-0.1, -0.05) is 0 Å². The van der Waals surface area contributed by atoms with Gasteiger partial charge in [0.1, 0.15) is 0 Å². The molecule has 1 aromatic rings. The summed E-state index contributed by atoms with van der Waals surface area (Å²) in [6.07, 6.45) is 1.99. The lowest BCUT2D eigenvalue weighted by Gasteiger charge is -2.05. The van der Waals surface area contributed by atoms with Crippen LogP contribution in [0, 0.1) is 6.92 Å². The Labute approximate surface area is 83.3 Å². The largest absolute Gasteiger partial charge is 0.366 e. The molecule has 4 nitrogen and oxygen atoms in total. The quantitative estimate of drug-likeness (QED) is 0.672. The Balaban J connectivity index is 2.54. The van der Waals surface area contributed by atoms with E-state index in [4.69, 9.17) is 12.2 Å². The SMILES string of the molecule is CNC(=S)NCc1cn(C)nc1C. The van der Waals surface area contributed by atoms with Gasteiger partial charge in [0.2, 0.25) is 0 Å². The average Bonchev–Trinajstić information content (AvgIpc) is 2.41. The Morgan fingerprint density at radius 2 is 2.38 bits per heavy atom. The molecule has 13 heavy (non-hydrogen) atoms. The Hall–Kier alpha value is -1.10. The van der Waals surface area contributed by atoms with Crippen molar-refractivity contribution < 1.29 is 0 Å². The standard InChI is InChI=1S/C8H14N4S/c1-6-7(5-12(3)11-6)4-10-8(13)9-2/h5H,4H2,1-3H3,(H2,9,10,13). The van der Waals surface area contributed by atoms with Crippen LogP contribution < -0.4 is 10.6 Å². The zero-order valence-corrected chi connectivity index (χ0v) is 8.90. The van der Waals surface area contributed by atoms with Gasteiger partial charge in [0.05, 0.1) is 5.69 Å². The predicted molar refractivity (Wildman–Crippen MR) is 56.4 cm³/mol. The van der Waals surface area contributed by atoms with E-state index in [1.54, 1.807) is 11.7 Å². The Kier molecular flexibility index (Phi) is 3.25. The summed E-state index contributed by atoms with van der Waals surface area (Å²) in [6.45, 7) is 2.71. The molecule has 0 aromatic carbocycles. The Morgan fingerprint density at radius 3 is 2.85 bits per heavy atom. The highest BCUT2D eigenvalue weighted by Crippen LogP contribution is 2.03. The topological polar surface area (TPSA) is 41.9 Å². The lowest BCUT2D eigenvalue weighted by Crippen LogP contribution is -2.31. The van der Waals surface area contributed by atoms with Gasteiger partial charge in [-0.05, 0) is 19.1 Å². The molecule has 0 unspecified atom stereocenters. The van der Waals surface area contributed by atoms with Gasteiger partial charge in [-0.3, -0.25) is 4.68 Å². The molecule has 0 amide bonds. The molecule has 0 spiro atoms. The van der Waals surface area contributed by atoms with Crippen LogP contribution in [0.3, 0.4) is 0 Å². The van der Waals surface area contributed by atoms with Gasteiger partial charge in [-0.25, -0.2) is 0 Å². The molecule has 0 aliphatic carbocycles. The fraction of sp³-hybridized carbons (Fsp3) is 0.500. The summed E-state index contributed by atoms with van der Waals surface area (Å²) < 4.78 is 1.80. The Morgan fingerprint density at radius 1 is 1.69 bits per heavy atom.